The van der Waals surface area contributed by atoms with Crippen LogP contribution in [0, 0.1) is 34.5 Å². The molecule has 0 amide bonds. The average Bonchev–Trinajstić information content (AvgIpc) is 3.07. The second-order valence-corrected chi connectivity index (χ2v) is 12.7. The summed E-state index contributed by atoms with van der Waals surface area (Å²) in [7, 11) is 0. The fourth-order valence-corrected chi connectivity index (χ4v) is 8.82. The van der Waals surface area contributed by atoms with Crippen LogP contribution >= 0.6 is 0 Å². The SMILES string of the molecule is CCCC1=C2CCC3=C(CC[C@]4(C)[C@@H]([C@H](C)CCCC(C)C)CC[C@@H]34)[C@@]2(C)CC[C@@H]1O. The maximum atomic E-state index is 10.8. The van der Waals surface area contributed by atoms with Gasteiger partial charge in [0, 0.05) is 5.41 Å². The highest BCUT2D eigenvalue weighted by Gasteiger charge is 2.55. The molecule has 4 aliphatic rings. The standard InChI is InChI=1S/C30H50O/c1-7-9-23-26-13-12-22-25-15-14-24(21(4)11-8-10-20(2)3)29(25,5)18-16-27(22)30(26,6)19-17-28(23)31/h20-21,24-25,28,31H,7-19H2,1-6H3/t21-,24-,25+,28+,29-,30+/m1/s1. The summed E-state index contributed by atoms with van der Waals surface area (Å²) in [5.41, 5.74) is 7.62. The van der Waals surface area contributed by atoms with Gasteiger partial charge >= 0.3 is 0 Å². The van der Waals surface area contributed by atoms with Crippen LogP contribution in [-0.2, 0) is 0 Å². The normalized spacial score (nSPS) is 38.9. The molecule has 1 saturated carbocycles. The van der Waals surface area contributed by atoms with E-state index in [1.165, 1.54) is 69.8 Å². The minimum Gasteiger partial charge on any atom is -0.389 e. The molecule has 0 spiro atoms. The fraction of sp³-hybridized carbons (Fsp3) is 0.867. The van der Waals surface area contributed by atoms with Crippen LogP contribution in [-0.4, -0.2) is 11.2 Å². The summed E-state index contributed by atoms with van der Waals surface area (Å²) in [6.07, 6.45) is 16.6. The Morgan fingerprint density at radius 1 is 0.935 bits per heavy atom. The Hall–Kier alpha value is -0.560. The first-order chi connectivity index (χ1) is 14.7. The van der Waals surface area contributed by atoms with Gasteiger partial charge in [0.15, 0.2) is 0 Å². The van der Waals surface area contributed by atoms with Crippen molar-refractivity contribution in [2.45, 2.75) is 131 Å². The quantitative estimate of drug-likeness (QED) is 0.404. The molecule has 0 aromatic carbocycles. The second kappa shape index (κ2) is 9.00. The molecule has 4 rings (SSSR count). The van der Waals surface area contributed by atoms with E-state index in [1.807, 2.05) is 11.1 Å². The molecule has 0 aliphatic heterocycles. The maximum Gasteiger partial charge on any atom is 0.0753 e. The van der Waals surface area contributed by atoms with Crippen molar-refractivity contribution >= 4 is 0 Å². The molecule has 176 valence electrons. The molecule has 0 unspecified atom stereocenters. The molecular formula is C30H50O. The van der Waals surface area contributed by atoms with Crippen molar-refractivity contribution in [2.24, 2.45) is 34.5 Å². The van der Waals surface area contributed by atoms with Crippen molar-refractivity contribution < 1.29 is 5.11 Å². The summed E-state index contributed by atoms with van der Waals surface area (Å²) in [5, 5.41) is 10.8. The molecule has 0 radical (unpaired) electrons. The number of aliphatic hydroxyl groups excluding tert-OH is 1. The second-order valence-electron chi connectivity index (χ2n) is 12.7. The van der Waals surface area contributed by atoms with E-state index in [0.717, 1.165) is 42.9 Å². The lowest BCUT2D eigenvalue weighted by Gasteiger charge is -2.53. The van der Waals surface area contributed by atoms with E-state index in [-0.39, 0.29) is 11.5 Å². The molecule has 4 aliphatic carbocycles. The number of aliphatic hydroxyl groups is 1. The molecule has 31 heavy (non-hydrogen) atoms. The van der Waals surface area contributed by atoms with E-state index in [0.29, 0.717) is 5.41 Å². The number of allylic oxidation sites excluding steroid dienone is 3. The summed E-state index contributed by atoms with van der Waals surface area (Å²) in [6.45, 7) is 14.8. The largest absolute Gasteiger partial charge is 0.389 e. The fourth-order valence-electron chi connectivity index (χ4n) is 8.82. The van der Waals surface area contributed by atoms with Gasteiger partial charge in [-0.3, -0.25) is 0 Å². The third-order valence-electron chi connectivity index (χ3n) is 10.5. The molecule has 0 aromatic heterocycles. The molecule has 1 nitrogen and oxygen atoms in total. The van der Waals surface area contributed by atoms with Crippen LogP contribution in [0.2, 0.25) is 0 Å². The minimum atomic E-state index is -0.165. The van der Waals surface area contributed by atoms with Crippen LogP contribution in [0.3, 0.4) is 0 Å². The van der Waals surface area contributed by atoms with E-state index in [2.05, 4.69) is 41.5 Å². The third-order valence-corrected chi connectivity index (χ3v) is 10.5. The first-order valence-corrected chi connectivity index (χ1v) is 13.8. The average molecular weight is 427 g/mol. The van der Waals surface area contributed by atoms with Gasteiger partial charge in [-0.25, -0.2) is 0 Å². The Kier molecular flexibility index (Phi) is 6.85. The topological polar surface area (TPSA) is 20.2 Å². The van der Waals surface area contributed by atoms with Gasteiger partial charge < -0.3 is 5.11 Å². The maximum absolute atomic E-state index is 10.8. The van der Waals surface area contributed by atoms with Gasteiger partial charge in [-0.1, -0.05) is 83.9 Å². The molecule has 6 atom stereocenters. The lowest BCUT2D eigenvalue weighted by Crippen LogP contribution is -2.42. The molecule has 1 N–H and O–H groups in total. The van der Waals surface area contributed by atoms with Gasteiger partial charge in [0.2, 0.25) is 0 Å². The van der Waals surface area contributed by atoms with Gasteiger partial charge in [-0.15, -0.1) is 0 Å². The lowest BCUT2D eigenvalue weighted by atomic mass is 9.52. The first kappa shape index (κ1) is 23.6. The highest BCUT2D eigenvalue weighted by molar-refractivity contribution is 5.45. The summed E-state index contributed by atoms with van der Waals surface area (Å²) < 4.78 is 0. The zero-order valence-electron chi connectivity index (χ0n) is 21.5. The lowest BCUT2D eigenvalue weighted by molar-refractivity contribution is 0.0896. The van der Waals surface area contributed by atoms with Crippen LogP contribution in [0.15, 0.2) is 22.3 Å². The van der Waals surface area contributed by atoms with Crippen LogP contribution in [0.5, 0.6) is 0 Å². The Bertz CT molecular complexity index is 727. The van der Waals surface area contributed by atoms with Crippen molar-refractivity contribution in [2.75, 3.05) is 0 Å². The van der Waals surface area contributed by atoms with E-state index >= 15 is 0 Å². The third kappa shape index (κ3) is 4.00. The van der Waals surface area contributed by atoms with E-state index in [9.17, 15) is 5.11 Å². The van der Waals surface area contributed by atoms with Crippen molar-refractivity contribution in [1.82, 2.24) is 0 Å². The first-order valence-electron chi connectivity index (χ1n) is 13.8. The zero-order chi connectivity index (χ0) is 22.4. The summed E-state index contributed by atoms with van der Waals surface area (Å²) in [5.74, 6) is 3.49. The van der Waals surface area contributed by atoms with Crippen LogP contribution in [0.1, 0.15) is 125 Å². The molecule has 1 fully saturated rings. The van der Waals surface area contributed by atoms with Crippen molar-refractivity contribution in [3.63, 3.8) is 0 Å². The minimum absolute atomic E-state index is 0.165. The highest BCUT2D eigenvalue weighted by Crippen LogP contribution is 2.66. The number of hydrogen-bond acceptors (Lipinski definition) is 1. The van der Waals surface area contributed by atoms with Gasteiger partial charge in [0.05, 0.1) is 6.10 Å². The van der Waals surface area contributed by atoms with Gasteiger partial charge in [0.25, 0.3) is 0 Å². The number of hydrogen-bond donors (Lipinski definition) is 1. The smallest absolute Gasteiger partial charge is 0.0753 e. The van der Waals surface area contributed by atoms with Gasteiger partial charge in [0.1, 0.15) is 0 Å². The van der Waals surface area contributed by atoms with Gasteiger partial charge in [-0.2, -0.15) is 0 Å². The van der Waals surface area contributed by atoms with E-state index in [1.54, 1.807) is 5.57 Å². The molecule has 0 heterocycles. The molecular weight excluding hydrogens is 376 g/mol. The predicted molar refractivity (Wildman–Crippen MR) is 133 cm³/mol. The molecule has 1 heteroatoms. The number of fused-ring (bicyclic) bond motifs is 4. The zero-order valence-corrected chi connectivity index (χ0v) is 21.5. The Labute approximate surface area is 193 Å². The summed E-state index contributed by atoms with van der Waals surface area (Å²) in [4.78, 5) is 0. The van der Waals surface area contributed by atoms with Crippen LogP contribution in [0.4, 0.5) is 0 Å². The predicted octanol–water partition coefficient (Wildman–Crippen LogP) is 8.62. The van der Waals surface area contributed by atoms with Crippen molar-refractivity contribution in [3.05, 3.63) is 22.3 Å². The molecule has 0 aromatic rings. The monoisotopic (exact) mass is 426 g/mol. The van der Waals surface area contributed by atoms with E-state index in [4.69, 9.17) is 0 Å². The molecule has 0 saturated heterocycles. The van der Waals surface area contributed by atoms with E-state index < -0.39 is 0 Å². The van der Waals surface area contributed by atoms with Gasteiger partial charge in [-0.05, 0) is 92.4 Å². The number of rotatable bonds is 7. The highest BCUT2D eigenvalue weighted by atomic mass is 16.3. The van der Waals surface area contributed by atoms with Crippen molar-refractivity contribution in [1.29, 1.82) is 0 Å². The Balaban J connectivity index is 1.59. The summed E-state index contributed by atoms with van der Waals surface area (Å²) >= 11 is 0. The van der Waals surface area contributed by atoms with Crippen LogP contribution in [0.25, 0.3) is 0 Å². The Morgan fingerprint density at radius 2 is 1.71 bits per heavy atom. The summed E-state index contributed by atoms with van der Waals surface area (Å²) in [6, 6.07) is 0. The van der Waals surface area contributed by atoms with Crippen LogP contribution < -0.4 is 0 Å². The molecule has 0 bridgehead atoms. The Morgan fingerprint density at radius 3 is 2.42 bits per heavy atom. The van der Waals surface area contributed by atoms with Crippen molar-refractivity contribution in [3.8, 4) is 0 Å².